The van der Waals surface area contributed by atoms with Gasteiger partial charge in [0, 0.05) is 53.2 Å². The normalized spacial score (nSPS) is 17.5. The van der Waals surface area contributed by atoms with Crippen molar-refractivity contribution in [2.75, 3.05) is 74.8 Å². The van der Waals surface area contributed by atoms with Gasteiger partial charge in [0.15, 0.2) is 0 Å². The number of carboxylic acids is 1. The number of nitrogens with two attached hydrogens (primary N) is 1. The molecular formula is C44H80N6O9. The molecule has 1 aliphatic rings. The predicted molar refractivity (Wildman–Crippen MR) is 233 cm³/mol. The van der Waals surface area contributed by atoms with E-state index in [9.17, 15) is 29.1 Å². The number of aldehydes is 1. The Balaban J connectivity index is 0.00000109. The van der Waals surface area contributed by atoms with E-state index in [2.05, 4.69) is 29.4 Å². The van der Waals surface area contributed by atoms with Crippen molar-refractivity contribution in [1.82, 2.24) is 25.3 Å². The highest BCUT2D eigenvalue weighted by Gasteiger charge is 2.37. The SMILES string of the molecule is CCC.CCC(C)C(C(CC=O)OC)N(C)C(=O)CNC(=O)C(C(C)C)N(C)CCOCCN.COC(C(C)C(=O)NC(Cc1ccccc1)C(=O)O)C1CCCN1C. The number of aliphatic carboxylic acids is 1. The number of carbonyl (C=O) groups is 5. The quantitative estimate of drug-likeness (QED) is 0.0830. The Bertz CT molecular complexity index is 1320. The van der Waals surface area contributed by atoms with E-state index in [1.807, 2.05) is 77.0 Å². The van der Waals surface area contributed by atoms with Crippen molar-refractivity contribution >= 4 is 30.0 Å². The van der Waals surface area contributed by atoms with Crippen LogP contribution in [0.3, 0.4) is 0 Å². The molecule has 8 unspecified atom stereocenters. The first-order valence-electron chi connectivity index (χ1n) is 21.3. The minimum atomic E-state index is -1.03. The number of benzene rings is 1. The average Bonchev–Trinajstić information content (AvgIpc) is 3.63. The number of nitrogens with one attached hydrogen (secondary N) is 2. The first-order valence-corrected chi connectivity index (χ1v) is 21.3. The number of carbonyl (C=O) groups excluding carboxylic acids is 4. The van der Waals surface area contributed by atoms with Crippen LogP contribution in [0.4, 0.5) is 0 Å². The first-order chi connectivity index (χ1) is 28.0. The lowest BCUT2D eigenvalue weighted by Crippen LogP contribution is -2.54. The van der Waals surface area contributed by atoms with Crippen molar-refractivity contribution in [2.45, 2.75) is 123 Å². The molecule has 5 N–H and O–H groups in total. The van der Waals surface area contributed by atoms with Crippen LogP contribution in [-0.2, 0) is 44.6 Å². The second-order valence-corrected chi connectivity index (χ2v) is 15.8. The van der Waals surface area contributed by atoms with Gasteiger partial charge in [-0.2, -0.15) is 0 Å². The van der Waals surface area contributed by atoms with Crippen LogP contribution in [0.25, 0.3) is 0 Å². The predicted octanol–water partition coefficient (Wildman–Crippen LogP) is 3.47. The monoisotopic (exact) mass is 837 g/mol. The third-order valence-corrected chi connectivity index (χ3v) is 10.8. The molecule has 1 aliphatic heterocycles. The molecule has 0 saturated carbocycles. The van der Waals surface area contributed by atoms with Crippen molar-refractivity contribution in [2.24, 2.45) is 23.5 Å². The number of likely N-dealkylation sites (N-methyl/N-ethyl adjacent to an activating group) is 3. The third kappa shape index (κ3) is 20.1. The molecule has 1 heterocycles. The van der Waals surface area contributed by atoms with E-state index in [0.29, 0.717) is 26.3 Å². The van der Waals surface area contributed by atoms with Gasteiger partial charge in [0.05, 0.1) is 50.0 Å². The highest BCUT2D eigenvalue weighted by atomic mass is 16.5. The van der Waals surface area contributed by atoms with Gasteiger partial charge in [-0.05, 0) is 50.9 Å². The number of hydrogen-bond acceptors (Lipinski definition) is 11. The van der Waals surface area contributed by atoms with Crippen LogP contribution in [0.2, 0.25) is 0 Å². The molecule has 340 valence electrons. The van der Waals surface area contributed by atoms with E-state index in [0.717, 1.165) is 37.7 Å². The second-order valence-electron chi connectivity index (χ2n) is 15.8. The number of methoxy groups -OCH3 is 2. The standard InChI is InChI=1S/C22H44N4O5.C19H28N2O4.C3H8/c1-8-17(4)21(18(30-7)9-12-27)26(6)19(28)15-24-22(29)20(16(2)3)25(5)11-14-31-13-10-23;1-13(17(25-3)16-10-7-11-21(16)2)18(22)20-15(19(23)24)12-14-8-5-4-6-9-14;1-3-2/h12,16-18,20-21H,8-11,13-15,23H2,1-7H3,(H,24,29);4-6,8-9,13,15-17H,7,10-12H2,1-3H3,(H,20,22)(H,23,24);3H2,1-2H3. The van der Waals surface area contributed by atoms with Gasteiger partial charge >= 0.3 is 5.97 Å². The van der Waals surface area contributed by atoms with E-state index in [-0.39, 0.29) is 79.3 Å². The smallest absolute Gasteiger partial charge is 0.326 e. The first kappa shape index (κ1) is 55.5. The number of ether oxygens (including phenoxy) is 3. The lowest BCUT2D eigenvalue weighted by molar-refractivity contribution is -0.143. The van der Waals surface area contributed by atoms with Crippen LogP contribution in [0.1, 0.15) is 86.1 Å². The van der Waals surface area contributed by atoms with Gasteiger partial charge in [0.25, 0.3) is 0 Å². The summed E-state index contributed by atoms with van der Waals surface area (Å²) in [5.41, 5.74) is 6.30. The number of amides is 3. The molecule has 0 aliphatic carbocycles. The largest absolute Gasteiger partial charge is 0.480 e. The molecule has 15 nitrogen and oxygen atoms in total. The lowest BCUT2D eigenvalue weighted by Gasteiger charge is -2.37. The summed E-state index contributed by atoms with van der Waals surface area (Å²) in [6.45, 7) is 16.9. The molecule has 59 heavy (non-hydrogen) atoms. The van der Waals surface area contributed by atoms with Gasteiger partial charge < -0.3 is 50.3 Å². The highest BCUT2D eigenvalue weighted by Crippen LogP contribution is 2.25. The van der Waals surface area contributed by atoms with Gasteiger partial charge in [-0.1, -0.05) is 91.6 Å². The van der Waals surface area contributed by atoms with E-state index < -0.39 is 17.9 Å². The molecule has 0 spiro atoms. The molecule has 0 aromatic heterocycles. The second kappa shape index (κ2) is 31.4. The summed E-state index contributed by atoms with van der Waals surface area (Å²) >= 11 is 0. The molecule has 1 saturated heterocycles. The Morgan fingerprint density at radius 3 is 2.10 bits per heavy atom. The number of carboxylic acid groups (broad SMARTS) is 1. The summed E-state index contributed by atoms with van der Waals surface area (Å²) in [5, 5.41) is 14.9. The Hall–Kier alpha value is -3.47. The maximum atomic E-state index is 12.9. The molecule has 1 aromatic carbocycles. The van der Waals surface area contributed by atoms with Gasteiger partial charge in [0.2, 0.25) is 17.7 Å². The summed E-state index contributed by atoms with van der Waals surface area (Å²) in [7, 11) is 8.75. The minimum Gasteiger partial charge on any atom is -0.480 e. The third-order valence-electron chi connectivity index (χ3n) is 10.8. The van der Waals surface area contributed by atoms with Gasteiger partial charge in [-0.3, -0.25) is 19.3 Å². The van der Waals surface area contributed by atoms with E-state index in [4.69, 9.17) is 19.9 Å². The van der Waals surface area contributed by atoms with Crippen LogP contribution in [-0.4, -0.2) is 161 Å². The lowest BCUT2D eigenvalue weighted by atomic mass is 9.91. The average molecular weight is 837 g/mol. The molecule has 8 atom stereocenters. The minimum absolute atomic E-state index is 0.0608. The van der Waals surface area contributed by atoms with E-state index in [1.54, 1.807) is 33.1 Å². The highest BCUT2D eigenvalue weighted by molar-refractivity contribution is 5.88. The Labute approximate surface area is 355 Å². The zero-order valence-electron chi connectivity index (χ0n) is 38.3. The fourth-order valence-electron chi connectivity index (χ4n) is 7.36. The van der Waals surface area contributed by atoms with Crippen molar-refractivity contribution in [3.8, 4) is 0 Å². The zero-order valence-corrected chi connectivity index (χ0v) is 38.3. The van der Waals surface area contributed by atoms with E-state index >= 15 is 0 Å². The van der Waals surface area contributed by atoms with Gasteiger partial charge in [-0.25, -0.2) is 4.79 Å². The van der Waals surface area contributed by atoms with Crippen molar-refractivity contribution in [3.63, 3.8) is 0 Å². The van der Waals surface area contributed by atoms with E-state index in [1.165, 1.54) is 6.42 Å². The summed E-state index contributed by atoms with van der Waals surface area (Å²) < 4.78 is 16.5. The summed E-state index contributed by atoms with van der Waals surface area (Å²) in [6, 6.07) is 7.90. The molecular weight excluding hydrogens is 757 g/mol. The van der Waals surface area contributed by atoms with Crippen molar-refractivity contribution in [1.29, 1.82) is 0 Å². The maximum Gasteiger partial charge on any atom is 0.326 e. The summed E-state index contributed by atoms with van der Waals surface area (Å²) in [6.07, 6.45) is 4.79. The molecule has 1 aromatic rings. The fourth-order valence-corrected chi connectivity index (χ4v) is 7.36. The molecule has 0 radical (unpaired) electrons. The van der Waals surface area contributed by atoms with Gasteiger partial charge in [-0.15, -0.1) is 0 Å². The number of rotatable bonds is 25. The molecule has 2 rings (SSSR count). The molecule has 1 fully saturated rings. The van der Waals surface area contributed by atoms with Gasteiger partial charge in [0.1, 0.15) is 12.3 Å². The summed E-state index contributed by atoms with van der Waals surface area (Å²) in [5.74, 6) is -1.96. The van der Waals surface area contributed by atoms with Crippen LogP contribution < -0.4 is 16.4 Å². The van der Waals surface area contributed by atoms with Crippen molar-refractivity contribution < 1.29 is 43.3 Å². The summed E-state index contributed by atoms with van der Waals surface area (Å²) in [4.78, 5) is 66.7. The van der Waals surface area contributed by atoms with Crippen LogP contribution >= 0.6 is 0 Å². The zero-order chi connectivity index (χ0) is 45.1. The molecule has 0 bridgehead atoms. The number of hydrogen-bond donors (Lipinski definition) is 4. The fraction of sp³-hybridized carbons (Fsp3) is 0.750. The van der Waals surface area contributed by atoms with Crippen LogP contribution in [0, 0.1) is 17.8 Å². The Kier molecular flexibility index (Phi) is 29.6. The molecule has 3 amide bonds. The topological polar surface area (TPSA) is 193 Å². The Morgan fingerprint density at radius 1 is 1.00 bits per heavy atom. The number of nitrogens with zero attached hydrogens (tertiary/aromatic N) is 3. The maximum absolute atomic E-state index is 12.9. The van der Waals surface area contributed by atoms with Crippen molar-refractivity contribution in [3.05, 3.63) is 35.9 Å². The van der Waals surface area contributed by atoms with Crippen LogP contribution in [0.5, 0.6) is 0 Å². The Morgan fingerprint density at radius 2 is 1.63 bits per heavy atom. The molecule has 15 heteroatoms. The number of likely N-dealkylation sites (tertiary alicyclic amines) is 1. The van der Waals surface area contributed by atoms with Crippen LogP contribution in [0.15, 0.2) is 30.3 Å².